The number of rotatable bonds is 4. The molecule has 0 saturated carbocycles. The molecule has 0 aliphatic carbocycles. The van der Waals surface area contributed by atoms with Gasteiger partial charge in [0.25, 0.3) is 5.91 Å². The van der Waals surface area contributed by atoms with E-state index >= 15 is 0 Å². The summed E-state index contributed by atoms with van der Waals surface area (Å²) >= 11 is 6.10. The van der Waals surface area contributed by atoms with E-state index in [1.807, 2.05) is 11.8 Å². The van der Waals surface area contributed by atoms with Crippen molar-refractivity contribution in [1.82, 2.24) is 15.0 Å². The van der Waals surface area contributed by atoms with E-state index in [9.17, 15) is 9.18 Å². The summed E-state index contributed by atoms with van der Waals surface area (Å²) in [5, 5.41) is 0.334. The lowest BCUT2D eigenvalue weighted by atomic mass is 10.0. The molecule has 29 heavy (non-hydrogen) atoms. The van der Waals surface area contributed by atoms with Crippen molar-refractivity contribution in [2.45, 2.75) is 19.5 Å². The van der Waals surface area contributed by atoms with Crippen molar-refractivity contribution in [3.8, 4) is 0 Å². The first kappa shape index (κ1) is 19.3. The average molecular weight is 412 g/mol. The number of alkyl halides is 1. The minimum Gasteiger partial charge on any atom is -0.309 e. The van der Waals surface area contributed by atoms with Gasteiger partial charge in [-0.05, 0) is 48.4 Å². The van der Waals surface area contributed by atoms with Gasteiger partial charge in [-0.25, -0.2) is 14.4 Å². The highest BCUT2D eigenvalue weighted by Crippen LogP contribution is 2.38. The molecule has 0 spiro atoms. The molecule has 1 aliphatic rings. The summed E-state index contributed by atoms with van der Waals surface area (Å²) in [6.07, 6.45) is 3.63. The van der Waals surface area contributed by atoms with E-state index in [2.05, 4.69) is 15.0 Å². The molecule has 4 heterocycles. The molecule has 0 radical (unpaired) electrons. The summed E-state index contributed by atoms with van der Waals surface area (Å²) in [6.45, 7) is 2.49. The zero-order chi connectivity index (χ0) is 20.5. The lowest BCUT2D eigenvalue weighted by Crippen LogP contribution is -2.25. The number of anilines is 3. The van der Waals surface area contributed by atoms with Crippen LogP contribution < -0.4 is 9.80 Å². The molecule has 0 saturated heterocycles. The Kier molecular flexibility index (Phi) is 5.15. The molecular formula is C21H19ClFN5O. The molecule has 0 N–H and O–H groups in total. The second-order valence-electron chi connectivity index (χ2n) is 6.75. The molecule has 6 nitrogen and oxygen atoms in total. The molecular weight excluding hydrogens is 393 g/mol. The van der Waals surface area contributed by atoms with Gasteiger partial charge in [0.15, 0.2) is 5.82 Å². The average Bonchev–Trinajstić information content (AvgIpc) is 2.82. The van der Waals surface area contributed by atoms with Crippen LogP contribution in [-0.4, -0.2) is 34.5 Å². The standard InChI is InChI=1S/C21H19ClFN5O/c1-3-28-19-15(21(29)27(2)17-4-5-18(22)26-20(17)28)10-13(12-25-19)11-16(23)14-6-8-24-9-7-14/h4-10,12,16H,3,11H2,1-2H3. The smallest absolute Gasteiger partial charge is 0.261 e. The second-order valence-corrected chi connectivity index (χ2v) is 7.14. The van der Waals surface area contributed by atoms with E-state index in [1.165, 1.54) is 4.90 Å². The van der Waals surface area contributed by atoms with Crippen molar-refractivity contribution in [2.75, 3.05) is 23.4 Å². The number of hydrogen-bond donors (Lipinski definition) is 0. The summed E-state index contributed by atoms with van der Waals surface area (Å²) in [5.74, 6) is 0.825. The van der Waals surface area contributed by atoms with Crippen molar-refractivity contribution in [1.29, 1.82) is 0 Å². The summed E-state index contributed by atoms with van der Waals surface area (Å²) in [6, 6.07) is 8.41. The van der Waals surface area contributed by atoms with Crippen LogP contribution >= 0.6 is 11.6 Å². The van der Waals surface area contributed by atoms with Crippen LogP contribution in [0, 0.1) is 0 Å². The maximum absolute atomic E-state index is 14.7. The first-order valence-electron chi connectivity index (χ1n) is 9.24. The highest BCUT2D eigenvalue weighted by molar-refractivity contribution is 6.29. The number of aromatic nitrogens is 3. The minimum atomic E-state index is -1.21. The third-order valence-corrected chi connectivity index (χ3v) is 5.16. The molecule has 1 amide bonds. The van der Waals surface area contributed by atoms with Gasteiger partial charge in [0.05, 0.1) is 11.3 Å². The van der Waals surface area contributed by atoms with Crippen LogP contribution in [0.5, 0.6) is 0 Å². The first-order chi connectivity index (χ1) is 14.0. The molecule has 1 atom stereocenters. The van der Waals surface area contributed by atoms with Crippen LogP contribution in [-0.2, 0) is 6.42 Å². The normalized spacial score (nSPS) is 14.3. The van der Waals surface area contributed by atoms with Gasteiger partial charge in [0.2, 0.25) is 0 Å². The number of amides is 1. The summed E-state index contributed by atoms with van der Waals surface area (Å²) in [5.41, 5.74) is 2.23. The number of hydrogen-bond acceptors (Lipinski definition) is 5. The SMILES string of the molecule is CCN1c2ncc(CC(F)c3ccncc3)cc2C(=O)N(C)c2ccc(Cl)nc21. The summed E-state index contributed by atoms with van der Waals surface area (Å²) < 4.78 is 14.7. The van der Waals surface area contributed by atoms with Crippen molar-refractivity contribution in [3.05, 3.63) is 70.8 Å². The van der Waals surface area contributed by atoms with E-state index in [4.69, 9.17) is 11.6 Å². The second kappa shape index (κ2) is 7.75. The van der Waals surface area contributed by atoms with Crippen molar-refractivity contribution < 1.29 is 9.18 Å². The fraction of sp³-hybridized carbons (Fsp3) is 0.238. The zero-order valence-electron chi connectivity index (χ0n) is 16.0. The van der Waals surface area contributed by atoms with Gasteiger partial charge in [0, 0.05) is 38.6 Å². The fourth-order valence-electron chi connectivity index (χ4n) is 3.45. The molecule has 4 rings (SSSR count). The predicted molar refractivity (Wildman–Crippen MR) is 111 cm³/mol. The Morgan fingerprint density at radius 3 is 2.66 bits per heavy atom. The summed E-state index contributed by atoms with van der Waals surface area (Å²) in [7, 11) is 1.68. The van der Waals surface area contributed by atoms with Gasteiger partial charge < -0.3 is 9.80 Å². The van der Waals surface area contributed by atoms with Crippen molar-refractivity contribution in [2.24, 2.45) is 0 Å². The highest BCUT2D eigenvalue weighted by atomic mass is 35.5. The van der Waals surface area contributed by atoms with E-state index in [-0.39, 0.29) is 12.3 Å². The number of pyridine rings is 3. The van der Waals surface area contributed by atoms with Gasteiger partial charge in [-0.1, -0.05) is 11.6 Å². The van der Waals surface area contributed by atoms with E-state index in [1.54, 1.807) is 56.0 Å². The Bertz CT molecular complexity index is 1060. The van der Waals surface area contributed by atoms with Gasteiger partial charge in [0.1, 0.15) is 17.1 Å². The number of nitrogens with zero attached hydrogens (tertiary/aromatic N) is 5. The number of carbonyl (C=O) groups excluding carboxylic acids is 1. The quantitative estimate of drug-likeness (QED) is 0.590. The minimum absolute atomic E-state index is 0.116. The Morgan fingerprint density at radius 2 is 1.93 bits per heavy atom. The third-order valence-electron chi connectivity index (χ3n) is 4.95. The van der Waals surface area contributed by atoms with Crippen LogP contribution in [0.1, 0.15) is 34.6 Å². The van der Waals surface area contributed by atoms with Crippen LogP contribution in [0.3, 0.4) is 0 Å². The van der Waals surface area contributed by atoms with Gasteiger partial charge in [-0.2, -0.15) is 0 Å². The predicted octanol–water partition coefficient (Wildman–Crippen LogP) is 4.53. The molecule has 1 unspecified atom stereocenters. The molecule has 0 bridgehead atoms. The van der Waals surface area contributed by atoms with Crippen LogP contribution in [0.15, 0.2) is 48.9 Å². The van der Waals surface area contributed by atoms with Crippen molar-refractivity contribution in [3.63, 3.8) is 0 Å². The third kappa shape index (κ3) is 3.53. The Morgan fingerprint density at radius 1 is 1.17 bits per heavy atom. The summed E-state index contributed by atoms with van der Waals surface area (Å²) in [4.78, 5) is 29.4. The lowest BCUT2D eigenvalue weighted by molar-refractivity contribution is 0.0994. The number of fused-ring (bicyclic) bond motifs is 2. The maximum atomic E-state index is 14.7. The Labute approximate surface area is 173 Å². The molecule has 0 aromatic carbocycles. The van der Waals surface area contributed by atoms with Gasteiger partial charge >= 0.3 is 0 Å². The van der Waals surface area contributed by atoms with Gasteiger partial charge in [-0.3, -0.25) is 9.78 Å². The molecule has 8 heteroatoms. The number of carbonyl (C=O) groups is 1. The molecule has 1 aliphatic heterocycles. The Balaban J connectivity index is 1.75. The largest absolute Gasteiger partial charge is 0.309 e. The number of halogens is 2. The monoisotopic (exact) mass is 411 g/mol. The topological polar surface area (TPSA) is 62.2 Å². The van der Waals surface area contributed by atoms with Crippen molar-refractivity contribution >= 4 is 34.8 Å². The Hall–Kier alpha value is -3.06. The molecule has 148 valence electrons. The molecule has 0 fully saturated rings. The van der Waals surface area contributed by atoms with Crippen LogP contribution in [0.4, 0.5) is 21.7 Å². The first-order valence-corrected chi connectivity index (χ1v) is 9.62. The van der Waals surface area contributed by atoms with E-state index in [0.29, 0.717) is 45.7 Å². The van der Waals surface area contributed by atoms with E-state index < -0.39 is 6.17 Å². The van der Waals surface area contributed by atoms with Crippen LogP contribution in [0.25, 0.3) is 0 Å². The maximum Gasteiger partial charge on any atom is 0.261 e. The molecule has 3 aromatic heterocycles. The molecule has 3 aromatic rings. The fourth-order valence-corrected chi connectivity index (χ4v) is 3.59. The van der Waals surface area contributed by atoms with Crippen LogP contribution in [0.2, 0.25) is 5.15 Å². The van der Waals surface area contributed by atoms with Gasteiger partial charge in [-0.15, -0.1) is 0 Å². The zero-order valence-corrected chi connectivity index (χ0v) is 16.8. The highest BCUT2D eigenvalue weighted by Gasteiger charge is 2.31. The van der Waals surface area contributed by atoms with E-state index in [0.717, 1.165) is 0 Å². The lowest BCUT2D eigenvalue weighted by Gasteiger charge is -2.23.